The first kappa shape index (κ1) is 15.3. The van der Waals surface area contributed by atoms with Crippen LogP contribution in [0.5, 0.6) is 0 Å². The van der Waals surface area contributed by atoms with Gasteiger partial charge in [0.15, 0.2) is 0 Å². The summed E-state index contributed by atoms with van der Waals surface area (Å²) in [6.45, 7) is 0.457. The third kappa shape index (κ3) is 3.93. The molecule has 21 heavy (non-hydrogen) atoms. The van der Waals surface area contributed by atoms with Crippen molar-refractivity contribution >= 4 is 40.3 Å². The predicted octanol–water partition coefficient (Wildman–Crippen LogP) is 3.66. The highest BCUT2D eigenvalue weighted by Gasteiger charge is 2.15. The van der Waals surface area contributed by atoms with Gasteiger partial charge in [0, 0.05) is 23.6 Å². The number of carboxylic acids is 1. The van der Waals surface area contributed by atoms with E-state index in [2.05, 4.69) is 5.32 Å². The highest BCUT2D eigenvalue weighted by molar-refractivity contribution is 7.16. The first-order valence-electron chi connectivity index (χ1n) is 5.97. The molecule has 0 atom stereocenters. The minimum atomic E-state index is -1.13. The average Bonchev–Trinajstić information content (AvgIpc) is 2.84. The monoisotopic (exact) mass is 326 g/mol. The van der Waals surface area contributed by atoms with E-state index in [1.165, 1.54) is 29.5 Å². The van der Waals surface area contributed by atoms with Gasteiger partial charge in [-0.25, -0.2) is 4.79 Å². The van der Waals surface area contributed by atoms with Crippen LogP contribution in [-0.4, -0.2) is 22.5 Å². The molecule has 6 nitrogen and oxygen atoms in total. The van der Waals surface area contributed by atoms with Crippen LogP contribution in [0.15, 0.2) is 30.3 Å². The first-order chi connectivity index (χ1) is 9.97. The van der Waals surface area contributed by atoms with E-state index in [0.29, 0.717) is 17.3 Å². The molecule has 0 bridgehead atoms. The van der Waals surface area contributed by atoms with Crippen LogP contribution in [-0.2, 0) is 6.42 Å². The number of nitrogens with one attached hydrogen (secondary N) is 1. The normalized spacial score (nSPS) is 10.3. The molecule has 1 heterocycles. The quantitative estimate of drug-likeness (QED) is 0.624. The summed E-state index contributed by atoms with van der Waals surface area (Å²) in [5, 5.41) is 22.8. The maximum absolute atomic E-state index is 11.1. The molecule has 2 N–H and O–H groups in total. The molecule has 0 aliphatic heterocycles. The molecule has 110 valence electrons. The van der Waals surface area contributed by atoms with Crippen molar-refractivity contribution in [3.63, 3.8) is 0 Å². The number of non-ortho nitro benzene ring substituents is 1. The molecule has 0 spiro atoms. The summed E-state index contributed by atoms with van der Waals surface area (Å²) in [6, 6.07) is 7.31. The Hall–Kier alpha value is -2.12. The van der Waals surface area contributed by atoms with Crippen molar-refractivity contribution in [2.75, 3.05) is 11.9 Å². The van der Waals surface area contributed by atoms with Crippen LogP contribution in [0.2, 0.25) is 4.34 Å². The molecule has 0 amide bonds. The Morgan fingerprint density at radius 2 is 2.14 bits per heavy atom. The Morgan fingerprint density at radius 1 is 1.38 bits per heavy atom. The molecule has 0 radical (unpaired) electrons. The lowest BCUT2D eigenvalue weighted by Gasteiger charge is -2.08. The number of hydrogen-bond acceptors (Lipinski definition) is 5. The SMILES string of the molecule is O=C(O)c1ccc([N+](=O)[O-])cc1NCCc1ccc(Cl)s1. The van der Waals surface area contributed by atoms with Crippen LogP contribution in [0.4, 0.5) is 11.4 Å². The minimum absolute atomic E-state index is 0.00446. The summed E-state index contributed by atoms with van der Waals surface area (Å²) in [5.74, 6) is -1.13. The lowest BCUT2D eigenvalue weighted by atomic mass is 10.1. The molecule has 1 aromatic heterocycles. The fourth-order valence-corrected chi connectivity index (χ4v) is 2.87. The van der Waals surface area contributed by atoms with E-state index >= 15 is 0 Å². The number of halogens is 1. The summed E-state index contributed by atoms with van der Waals surface area (Å²) in [7, 11) is 0. The third-order valence-electron chi connectivity index (χ3n) is 2.76. The van der Waals surface area contributed by atoms with Gasteiger partial charge < -0.3 is 10.4 Å². The Kier molecular flexibility index (Phi) is 4.77. The Morgan fingerprint density at radius 3 is 2.71 bits per heavy atom. The van der Waals surface area contributed by atoms with Gasteiger partial charge in [0.2, 0.25) is 0 Å². The Bertz CT molecular complexity index is 687. The number of aromatic carboxylic acids is 1. The fourth-order valence-electron chi connectivity index (χ4n) is 1.79. The van der Waals surface area contributed by atoms with Gasteiger partial charge in [-0.3, -0.25) is 10.1 Å². The van der Waals surface area contributed by atoms with E-state index in [0.717, 1.165) is 4.88 Å². The zero-order valence-corrected chi connectivity index (χ0v) is 12.3. The van der Waals surface area contributed by atoms with Crippen molar-refractivity contribution in [1.29, 1.82) is 0 Å². The maximum Gasteiger partial charge on any atom is 0.337 e. The van der Waals surface area contributed by atoms with Gasteiger partial charge in [-0.15, -0.1) is 11.3 Å². The van der Waals surface area contributed by atoms with Crippen LogP contribution in [0.1, 0.15) is 15.2 Å². The number of nitro benzene ring substituents is 1. The lowest BCUT2D eigenvalue weighted by Crippen LogP contribution is -2.09. The smallest absolute Gasteiger partial charge is 0.337 e. The molecule has 2 aromatic rings. The summed E-state index contributed by atoms with van der Waals surface area (Å²) in [4.78, 5) is 22.4. The fraction of sp³-hybridized carbons (Fsp3) is 0.154. The number of carboxylic acid groups (broad SMARTS) is 1. The summed E-state index contributed by atoms with van der Waals surface area (Å²) >= 11 is 7.27. The second-order valence-electron chi connectivity index (χ2n) is 4.17. The highest BCUT2D eigenvalue weighted by atomic mass is 35.5. The van der Waals surface area contributed by atoms with E-state index in [1.54, 1.807) is 6.07 Å². The number of thiophene rings is 1. The highest BCUT2D eigenvalue weighted by Crippen LogP contribution is 2.24. The maximum atomic E-state index is 11.1. The average molecular weight is 327 g/mol. The van der Waals surface area contributed by atoms with Crippen LogP contribution < -0.4 is 5.32 Å². The van der Waals surface area contributed by atoms with Crippen molar-refractivity contribution in [3.8, 4) is 0 Å². The number of rotatable bonds is 6. The molecule has 0 saturated heterocycles. The number of benzene rings is 1. The van der Waals surface area contributed by atoms with Crippen LogP contribution in [0.25, 0.3) is 0 Å². The van der Waals surface area contributed by atoms with Gasteiger partial charge in [0.05, 0.1) is 20.5 Å². The molecular formula is C13H11ClN2O4S. The van der Waals surface area contributed by atoms with Crippen molar-refractivity contribution in [2.45, 2.75) is 6.42 Å². The largest absolute Gasteiger partial charge is 0.478 e. The van der Waals surface area contributed by atoms with Gasteiger partial charge in [-0.1, -0.05) is 11.6 Å². The number of hydrogen-bond donors (Lipinski definition) is 2. The molecular weight excluding hydrogens is 316 g/mol. The van der Waals surface area contributed by atoms with Crippen molar-refractivity contribution in [3.05, 3.63) is 55.2 Å². The van der Waals surface area contributed by atoms with Gasteiger partial charge in [0.25, 0.3) is 5.69 Å². The van der Waals surface area contributed by atoms with Gasteiger partial charge >= 0.3 is 5.97 Å². The standard InChI is InChI=1S/C13H11ClN2O4S/c14-12-4-2-9(21-12)5-6-15-11-7-8(16(19)20)1-3-10(11)13(17)18/h1-4,7,15H,5-6H2,(H,17,18). The molecule has 0 unspecified atom stereocenters. The second-order valence-corrected chi connectivity index (χ2v) is 5.97. The van der Waals surface area contributed by atoms with Gasteiger partial charge in [-0.05, 0) is 24.6 Å². The van der Waals surface area contributed by atoms with Crippen LogP contribution >= 0.6 is 22.9 Å². The van der Waals surface area contributed by atoms with Crippen molar-refractivity contribution < 1.29 is 14.8 Å². The van der Waals surface area contributed by atoms with Gasteiger partial charge in [0.1, 0.15) is 0 Å². The molecule has 2 rings (SSSR count). The van der Waals surface area contributed by atoms with E-state index in [9.17, 15) is 14.9 Å². The summed E-state index contributed by atoms with van der Waals surface area (Å²) < 4.78 is 0.687. The van der Waals surface area contributed by atoms with E-state index in [-0.39, 0.29) is 16.9 Å². The number of nitro groups is 1. The second kappa shape index (κ2) is 6.55. The van der Waals surface area contributed by atoms with Crippen LogP contribution in [0, 0.1) is 10.1 Å². The molecule has 0 fully saturated rings. The van der Waals surface area contributed by atoms with Crippen molar-refractivity contribution in [2.24, 2.45) is 0 Å². The number of anilines is 1. The predicted molar refractivity (Wildman–Crippen MR) is 81.6 cm³/mol. The summed E-state index contributed by atoms with van der Waals surface area (Å²) in [6.07, 6.45) is 0.652. The van der Waals surface area contributed by atoms with E-state index < -0.39 is 10.9 Å². The minimum Gasteiger partial charge on any atom is -0.478 e. The molecule has 0 saturated carbocycles. The number of nitrogens with zero attached hydrogens (tertiary/aromatic N) is 1. The molecule has 1 aromatic carbocycles. The zero-order valence-electron chi connectivity index (χ0n) is 10.7. The first-order valence-corrected chi connectivity index (χ1v) is 7.16. The molecule has 8 heteroatoms. The molecule has 0 aliphatic rings. The zero-order chi connectivity index (χ0) is 15.4. The van der Waals surface area contributed by atoms with Crippen LogP contribution in [0.3, 0.4) is 0 Å². The third-order valence-corrected chi connectivity index (χ3v) is 4.05. The molecule has 0 aliphatic carbocycles. The summed E-state index contributed by atoms with van der Waals surface area (Å²) in [5.41, 5.74) is 0.0887. The Balaban J connectivity index is 2.11. The van der Waals surface area contributed by atoms with E-state index in [1.807, 2.05) is 6.07 Å². The van der Waals surface area contributed by atoms with Gasteiger partial charge in [-0.2, -0.15) is 0 Å². The van der Waals surface area contributed by atoms with E-state index in [4.69, 9.17) is 16.7 Å². The Labute approximate surface area is 129 Å². The topological polar surface area (TPSA) is 92.5 Å². The number of carbonyl (C=O) groups is 1. The lowest BCUT2D eigenvalue weighted by molar-refractivity contribution is -0.384. The van der Waals surface area contributed by atoms with Crippen molar-refractivity contribution in [1.82, 2.24) is 0 Å².